The monoisotopic (exact) mass is 208 g/mol. The number of aryl methyl sites for hydroxylation is 2. The second-order valence-corrected chi connectivity index (χ2v) is 4.27. The fourth-order valence-corrected chi connectivity index (χ4v) is 2.24. The molecular formula is C10H12N2OS. The molecule has 0 aromatic carbocycles. The fraction of sp³-hybridized carbons (Fsp3) is 0.300. The van der Waals surface area contributed by atoms with Crippen LogP contribution in [0, 0.1) is 6.92 Å². The minimum atomic E-state index is -0.603. The van der Waals surface area contributed by atoms with Crippen LogP contribution in [0.1, 0.15) is 22.4 Å². The van der Waals surface area contributed by atoms with Crippen molar-refractivity contribution in [1.82, 2.24) is 9.55 Å². The Morgan fingerprint density at radius 1 is 1.57 bits per heavy atom. The molecule has 1 N–H and O–H groups in total. The normalized spacial score (nSPS) is 13.1. The molecule has 3 nitrogen and oxygen atoms in total. The highest BCUT2D eigenvalue weighted by atomic mass is 32.1. The smallest absolute Gasteiger partial charge is 0.146 e. The van der Waals surface area contributed by atoms with Gasteiger partial charge in [-0.05, 0) is 23.9 Å². The number of thiophene rings is 1. The molecule has 0 aliphatic carbocycles. The van der Waals surface area contributed by atoms with Gasteiger partial charge in [-0.3, -0.25) is 0 Å². The molecule has 0 amide bonds. The molecule has 0 fully saturated rings. The van der Waals surface area contributed by atoms with Gasteiger partial charge in [0.15, 0.2) is 0 Å². The zero-order valence-corrected chi connectivity index (χ0v) is 8.95. The first kappa shape index (κ1) is 9.43. The predicted octanol–water partition coefficient (Wildman–Crippen LogP) is 1.87. The molecule has 1 atom stereocenters. The summed E-state index contributed by atoms with van der Waals surface area (Å²) < 4.78 is 1.83. The number of rotatable bonds is 2. The quantitative estimate of drug-likeness (QED) is 0.818. The summed E-state index contributed by atoms with van der Waals surface area (Å²) in [6, 6.07) is 1.99. The third kappa shape index (κ3) is 1.58. The lowest BCUT2D eigenvalue weighted by Crippen LogP contribution is -2.05. The molecule has 2 aromatic heterocycles. The van der Waals surface area contributed by atoms with Crippen LogP contribution in [-0.4, -0.2) is 14.7 Å². The lowest BCUT2D eigenvalue weighted by Gasteiger charge is -2.07. The molecule has 4 heteroatoms. The minimum Gasteiger partial charge on any atom is -0.380 e. The number of hydrogen-bond acceptors (Lipinski definition) is 3. The van der Waals surface area contributed by atoms with Crippen molar-refractivity contribution in [3.63, 3.8) is 0 Å². The van der Waals surface area contributed by atoms with Gasteiger partial charge in [0.1, 0.15) is 11.9 Å². The van der Waals surface area contributed by atoms with Crippen molar-refractivity contribution in [3.05, 3.63) is 40.1 Å². The molecule has 2 heterocycles. The van der Waals surface area contributed by atoms with E-state index in [0.717, 1.165) is 4.88 Å². The van der Waals surface area contributed by atoms with Gasteiger partial charge in [0.25, 0.3) is 0 Å². The van der Waals surface area contributed by atoms with Gasteiger partial charge in [0.05, 0.1) is 0 Å². The van der Waals surface area contributed by atoms with Gasteiger partial charge in [-0.2, -0.15) is 0 Å². The molecule has 0 aliphatic rings. The van der Waals surface area contributed by atoms with Gasteiger partial charge in [-0.15, -0.1) is 11.3 Å². The number of nitrogens with zero attached hydrogens (tertiary/aromatic N) is 2. The molecule has 1 unspecified atom stereocenters. The largest absolute Gasteiger partial charge is 0.380 e. The van der Waals surface area contributed by atoms with E-state index < -0.39 is 6.10 Å². The summed E-state index contributed by atoms with van der Waals surface area (Å²) in [5.74, 6) is 0.687. The molecule has 0 spiro atoms. The Balaban J connectivity index is 2.33. The molecule has 0 radical (unpaired) electrons. The standard InChI is InChI=1S/C10H12N2OS/c1-7-5-8(14-6-7)9(13)10-11-3-4-12(10)2/h3-6,9,13H,1-2H3. The highest BCUT2D eigenvalue weighted by Crippen LogP contribution is 2.25. The van der Waals surface area contributed by atoms with E-state index in [-0.39, 0.29) is 0 Å². The average molecular weight is 208 g/mol. The lowest BCUT2D eigenvalue weighted by molar-refractivity contribution is 0.210. The van der Waals surface area contributed by atoms with Crippen LogP contribution in [0.25, 0.3) is 0 Å². The molecule has 0 aliphatic heterocycles. The van der Waals surface area contributed by atoms with Crippen LogP contribution in [0.2, 0.25) is 0 Å². The molecule has 0 saturated heterocycles. The van der Waals surface area contributed by atoms with Crippen LogP contribution in [-0.2, 0) is 7.05 Å². The van der Waals surface area contributed by atoms with Crippen molar-refractivity contribution in [3.8, 4) is 0 Å². The zero-order valence-electron chi connectivity index (χ0n) is 8.14. The maximum Gasteiger partial charge on any atom is 0.146 e. The summed E-state index contributed by atoms with van der Waals surface area (Å²) in [5, 5.41) is 12.0. The van der Waals surface area contributed by atoms with E-state index in [1.165, 1.54) is 5.56 Å². The minimum absolute atomic E-state index is 0.603. The first-order valence-corrected chi connectivity index (χ1v) is 5.27. The maximum atomic E-state index is 10.0. The van der Waals surface area contributed by atoms with Crippen molar-refractivity contribution in [2.24, 2.45) is 7.05 Å². The Kier molecular flexibility index (Phi) is 2.39. The van der Waals surface area contributed by atoms with Crippen LogP contribution < -0.4 is 0 Å². The third-order valence-electron chi connectivity index (χ3n) is 2.12. The van der Waals surface area contributed by atoms with Gasteiger partial charge in [-0.25, -0.2) is 4.98 Å². The van der Waals surface area contributed by atoms with Crippen LogP contribution in [0.3, 0.4) is 0 Å². The molecule has 0 bridgehead atoms. The number of aromatic nitrogens is 2. The van der Waals surface area contributed by atoms with Crippen LogP contribution in [0.5, 0.6) is 0 Å². The van der Waals surface area contributed by atoms with E-state index in [1.54, 1.807) is 17.5 Å². The second kappa shape index (κ2) is 3.55. The van der Waals surface area contributed by atoms with Crippen molar-refractivity contribution < 1.29 is 5.11 Å². The summed E-state index contributed by atoms with van der Waals surface area (Å²) >= 11 is 1.56. The number of aliphatic hydroxyl groups excluding tert-OH is 1. The molecule has 0 saturated carbocycles. The van der Waals surface area contributed by atoms with Crippen LogP contribution in [0.15, 0.2) is 23.8 Å². The fourth-order valence-electron chi connectivity index (χ4n) is 1.36. The summed E-state index contributed by atoms with van der Waals surface area (Å²) in [7, 11) is 1.88. The van der Waals surface area contributed by atoms with E-state index in [4.69, 9.17) is 0 Å². The Morgan fingerprint density at radius 2 is 2.36 bits per heavy atom. The van der Waals surface area contributed by atoms with Crippen molar-refractivity contribution in [1.29, 1.82) is 0 Å². The van der Waals surface area contributed by atoms with Crippen molar-refractivity contribution in [2.75, 3.05) is 0 Å². The van der Waals surface area contributed by atoms with Gasteiger partial charge < -0.3 is 9.67 Å². The molecule has 2 rings (SSSR count). The Labute approximate surface area is 86.7 Å². The van der Waals surface area contributed by atoms with E-state index in [9.17, 15) is 5.11 Å². The predicted molar refractivity (Wildman–Crippen MR) is 56.3 cm³/mol. The Bertz CT molecular complexity index is 433. The van der Waals surface area contributed by atoms with Gasteiger partial charge in [0.2, 0.25) is 0 Å². The molecule has 2 aromatic rings. The van der Waals surface area contributed by atoms with E-state index in [0.29, 0.717) is 5.82 Å². The molecule has 14 heavy (non-hydrogen) atoms. The van der Waals surface area contributed by atoms with E-state index in [2.05, 4.69) is 4.98 Å². The van der Waals surface area contributed by atoms with Gasteiger partial charge >= 0.3 is 0 Å². The zero-order chi connectivity index (χ0) is 10.1. The SMILES string of the molecule is Cc1csc(C(O)c2nccn2C)c1. The molecule has 74 valence electrons. The highest BCUT2D eigenvalue weighted by molar-refractivity contribution is 7.10. The second-order valence-electron chi connectivity index (χ2n) is 3.33. The van der Waals surface area contributed by atoms with Crippen molar-refractivity contribution in [2.45, 2.75) is 13.0 Å². The maximum absolute atomic E-state index is 10.0. The molecular weight excluding hydrogens is 196 g/mol. The lowest BCUT2D eigenvalue weighted by atomic mass is 10.2. The third-order valence-corrected chi connectivity index (χ3v) is 3.23. The van der Waals surface area contributed by atoms with Gasteiger partial charge in [0, 0.05) is 24.3 Å². The summed E-state index contributed by atoms with van der Waals surface area (Å²) in [5.41, 5.74) is 1.18. The van der Waals surface area contributed by atoms with Crippen LogP contribution >= 0.6 is 11.3 Å². The van der Waals surface area contributed by atoms with Gasteiger partial charge in [-0.1, -0.05) is 0 Å². The average Bonchev–Trinajstić information content (AvgIpc) is 2.73. The first-order chi connectivity index (χ1) is 6.68. The Hall–Kier alpha value is -1.13. The summed E-state index contributed by atoms with van der Waals surface area (Å²) in [4.78, 5) is 5.06. The number of imidazole rings is 1. The van der Waals surface area contributed by atoms with E-state index >= 15 is 0 Å². The Morgan fingerprint density at radius 3 is 2.86 bits per heavy atom. The number of hydrogen-bond donors (Lipinski definition) is 1. The van der Waals surface area contributed by atoms with Crippen LogP contribution in [0.4, 0.5) is 0 Å². The topological polar surface area (TPSA) is 38.1 Å². The first-order valence-electron chi connectivity index (χ1n) is 4.39. The van der Waals surface area contributed by atoms with E-state index in [1.807, 2.05) is 36.2 Å². The highest BCUT2D eigenvalue weighted by Gasteiger charge is 2.15. The number of aliphatic hydroxyl groups is 1. The summed E-state index contributed by atoms with van der Waals surface area (Å²) in [6.45, 7) is 2.02. The van der Waals surface area contributed by atoms with Crippen molar-refractivity contribution >= 4 is 11.3 Å². The summed E-state index contributed by atoms with van der Waals surface area (Å²) in [6.07, 6.45) is 2.92.